The lowest BCUT2D eigenvalue weighted by Crippen LogP contribution is -2.25. The Morgan fingerprint density at radius 1 is 1.53 bits per heavy atom. The zero-order chi connectivity index (χ0) is 10.9. The number of methoxy groups -OCH3 is 1. The minimum atomic E-state index is -0.999. The number of benzene rings is 1. The van der Waals surface area contributed by atoms with Crippen molar-refractivity contribution in [3.63, 3.8) is 0 Å². The Balaban J connectivity index is 2.36. The standard InChI is InChI=1S/C11H13FO3/c1-14-10-6-8(2-3-9(10)12)11(13)4-5-15-7-11/h2-3,6,13H,4-5,7H2,1H3. The molecule has 1 saturated heterocycles. The Morgan fingerprint density at radius 2 is 2.33 bits per heavy atom. The van der Waals surface area contributed by atoms with Crippen molar-refractivity contribution in [2.45, 2.75) is 12.0 Å². The largest absolute Gasteiger partial charge is 0.494 e. The number of halogens is 1. The third-order valence-electron chi connectivity index (χ3n) is 2.69. The summed E-state index contributed by atoms with van der Waals surface area (Å²) in [6, 6.07) is 4.38. The maximum atomic E-state index is 13.1. The fraction of sp³-hybridized carbons (Fsp3) is 0.455. The molecule has 0 spiro atoms. The van der Waals surface area contributed by atoms with Crippen LogP contribution in [0.4, 0.5) is 4.39 Å². The van der Waals surface area contributed by atoms with Gasteiger partial charge in [0.1, 0.15) is 5.60 Å². The second kappa shape index (κ2) is 3.79. The average Bonchev–Trinajstić information content (AvgIpc) is 2.67. The quantitative estimate of drug-likeness (QED) is 0.806. The second-order valence-electron chi connectivity index (χ2n) is 3.68. The molecule has 82 valence electrons. The highest BCUT2D eigenvalue weighted by Crippen LogP contribution is 2.32. The van der Waals surface area contributed by atoms with Crippen molar-refractivity contribution in [3.8, 4) is 5.75 Å². The van der Waals surface area contributed by atoms with Crippen molar-refractivity contribution >= 4 is 0 Å². The van der Waals surface area contributed by atoms with Crippen molar-refractivity contribution in [3.05, 3.63) is 29.6 Å². The van der Waals surface area contributed by atoms with Crippen LogP contribution in [0.1, 0.15) is 12.0 Å². The molecule has 1 aromatic rings. The van der Waals surface area contributed by atoms with Crippen LogP contribution in [0.5, 0.6) is 5.75 Å². The molecule has 2 rings (SSSR count). The molecule has 0 radical (unpaired) electrons. The van der Waals surface area contributed by atoms with Gasteiger partial charge in [0.2, 0.25) is 0 Å². The molecule has 1 aliphatic rings. The fourth-order valence-corrected chi connectivity index (χ4v) is 1.73. The van der Waals surface area contributed by atoms with Gasteiger partial charge in [-0.15, -0.1) is 0 Å². The highest BCUT2D eigenvalue weighted by molar-refractivity contribution is 5.34. The van der Waals surface area contributed by atoms with E-state index in [0.717, 1.165) is 0 Å². The van der Waals surface area contributed by atoms with Gasteiger partial charge in [-0.25, -0.2) is 4.39 Å². The molecule has 4 heteroatoms. The molecular weight excluding hydrogens is 199 g/mol. The van der Waals surface area contributed by atoms with E-state index in [2.05, 4.69) is 0 Å². The van der Waals surface area contributed by atoms with Gasteiger partial charge in [-0.05, 0) is 17.7 Å². The van der Waals surface area contributed by atoms with Crippen LogP contribution in [0.15, 0.2) is 18.2 Å². The van der Waals surface area contributed by atoms with E-state index in [1.54, 1.807) is 6.07 Å². The van der Waals surface area contributed by atoms with Crippen molar-refractivity contribution < 1.29 is 19.0 Å². The molecule has 1 aromatic carbocycles. The number of hydrogen-bond acceptors (Lipinski definition) is 3. The first kappa shape index (κ1) is 10.4. The van der Waals surface area contributed by atoms with Gasteiger partial charge in [0, 0.05) is 13.0 Å². The third-order valence-corrected chi connectivity index (χ3v) is 2.69. The Kier molecular flexibility index (Phi) is 2.63. The second-order valence-corrected chi connectivity index (χ2v) is 3.68. The van der Waals surface area contributed by atoms with Crippen LogP contribution >= 0.6 is 0 Å². The summed E-state index contributed by atoms with van der Waals surface area (Å²) >= 11 is 0. The van der Waals surface area contributed by atoms with E-state index in [-0.39, 0.29) is 12.4 Å². The lowest BCUT2D eigenvalue weighted by Gasteiger charge is -2.21. The van der Waals surface area contributed by atoms with Crippen molar-refractivity contribution in [2.24, 2.45) is 0 Å². The van der Waals surface area contributed by atoms with E-state index in [1.165, 1.54) is 19.2 Å². The summed E-state index contributed by atoms with van der Waals surface area (Å²) in [5.41, 5.74) is -0.362. The van der Waals surface area contributed by atoms with Gasteiger partial charge in [-0.1, -0.05) is 6.07 Å². The van der Waals surface area contributed by atoms with Crippen LogP contribution < -0.4 is 4.74 Å². The molecule has 1 unspecified atom stereocenters. The van der Waals surface area contributed by atoms with Gasteiger partial charge < -0.3 is 14.6 Å². The van der Waals surface area contributed by atoms with Gasteiger partial charge in [-0.3, -0.25) is 0 Å². The highest BCUT2D eigenvalue weighted by atomic mass is 19.1. The summed E-state index contributed by atoms with van der Waals surface area (Å²) in [6.07, 6.45) is 0.530. The van der Waals surface area contributed by atoms with Gasteiger partial charge in [0.05, 0.1) is 13.7 Å². The fourth-order valence-electron chi connectivity index (χ4n) is 1.73. The van der Waals surface area contributed by atoms with Crippen LogP contribution in [-0.4, -0.2) is 25.4 Å². The Hall–Kier alpha value is -1.13. The summed E-state index contributed by atoms with van der Waals surface area (Å²) in [6.45, 7) is 0.776. The molecule has 0 saturated carbocycles. The smallest absolute Gasteiger partial charge is 0.165 e. The van der Waals surface area contributed by atoms with Crippen LogP contribution in [0.2, 0.25) is 0 Å². The maximum absolute atomic E-state index is 13.1. The first-order valence-electron chi connectivity index (χ1n) is 4.80. The Labute approximate surface area is 87.4 Å². The molecule has 0 aromatic heterocycles. The molecule has 15 heavy (non-hydrogen) atoms. The van der Waals surface area contributed by atoms with Crippen molar-refractivity contribution in [1.82, 2.24) is 0 Å². The summed E-state index contributed by atoms with van der Waals surface area (Å²) < 4.78 is 23.1. The molecule has 0 bridgehead atoms. The molecule has 1 fully saturated rings. The van der Waals surface area contributed by atoms with E-state index >= 15 is 0 Å². The zero-order valence-electron chi connectivity index (χ0n) is 8.50. The predicted molar refractivity (Wildman–Crippen MR) is 52.3 cm³/mol. The third kappa shape index (κ3) is 1.82. The molecule has 0 aliphatic carbocycles. The lowest BCUT2D eigenvalue weighted by molar-refractivity contribution is 0.0229. The molecule has 0 amide bonds. The van der Waals surface area contributed by atoms with E-state index < -0.39 is 11.4 Å². The minimum absolute atomic E-state index is 0.146. The average molecular weight is 212 g/mol. The Bertz CT molecular complexity index is 359. The Morgan fingerprint density at radius 3 is 2.93 bits per heavy atom. The molecule has 3 nitrogen and oxygen atoms in total. The van der Waals surface area contributed by atoms with Gasteiger partial charge in [0.25, 0.3) is 0 Å². The first-order chi connectivity index (χ1) is 7.15. The van der Waals surface area contributed by atoms with Crippen LogP contribution in [0, 0.1) is 5.82 Å². The molecule has 1 heterocycles. The zero-order valence-corrected chi connectivity index (χ0v) is 8.50. The van der Waals surface area contributed by atoms with Crippen molar-refractivity contribution in [1.29, 1.82) is 0 Å². The van der Waals surface area contributed by atoms with E-state index in [9.17, 15) is 9.50 Å². The highest BCUT2D eigenvalue weighted by Gasteiger charge is 2.34. The number of aliphatic hydroxyl groups is 1. The topological polar surface area (TPSA) is 38.7 Å². The van der Waals surface area contributed by atoms with E-state index in [0.29, 0.717) is 18.6 Å². The van der Waals surface area contributed by atoms with Gasteiger partial charge in [0.15, 0.2) is 11.6 Å². The number of rotatable bonds is 2. The molecule has 1 aliphatic heterocycles. The summed E-state index contributed by atoms with van der Waals surface area (Å²) in [4.78, 5) is 0. The normalized spacial score (nSPS) is 25.5. The number of hydrogen-bond donors (Lipinski definition) is 1. The van der Waals surface area contributed by atoms with Crippen LogP contribution in [0.25, 0.3) is 0 Å². The van der Waals surface area contributed by atoms with E-state index in [1.807, 2.05) is 0 Å². The van der Waals surface area contributed by atoms with Crippen LogP contribution in [0.3, 0.4) is 0 Å². The monoisotopic (exact) mass is 212 g/mol. The maximum Gasteiger partial charge on any atom is 0.165 e. The summed E-state index contributed by atoms with van der Waals surface area (Å²) in [7, 11) is 1.40. The number of ether oxygens (including phenoxy) is 2. The lowest BCUT2D eigenvalue weighted by atomic mass is 9.93. The summed E-state index contributed by atoms with van der Waals surface area (Å²) in [5.74, 6) is -0.281. The minimum Gasteiger partial charge on any atom is -0.494 e. The summed E-state index contributed by atoms with van der Waals surface area (Å²) in [5, 5.41) is 10.2. The molecular formula is C11H13FO3. The molecule has 1 N–H and O–H groups in total. The van der Waals surface area contributed by atoms with Crippen molar-refractivity contribution in [2.75, 3.05) is 20.3 Å². The van der Waals surface area contributed by atoms with E-state index in [4.69, 9.17) is 9.47 Å². The predicted octanol–water partition coefficient (Wildman–Crippen LogP) is 1.44. The first-order valence-corrected chi connectivity index (χ1v) is 4.80. The van der Waals surface area contributed by atoms with Gasteiger partial charge >= 0.3 is 0 Å². The van der Waals surface area contributed by atoms with Gasteiger partial charge in [-0.2, -0.15) is 0 Å². The van der Waals surface area contributed by atoms with Crippen LogP contribution in [-0.2, 0) is 10.3 Å². The SMILES string of the molecule is COc1cc(C2(O)CCOC2)ccc1F. The molecule has 1 atom stereocenters.